The number of aromatic carboxylic acids is 1. The lowest BCUT2D eigenvalue weighted by Gasteiger charge is -2.23. The van der Waals surface area contributed by atoms with Gasteiger partial charge in [-0.3, -0.25) is 0 Å². The molecule has 0 spiro atoms. The summed E-state index contributed by atoms with van der Waals surface area (Å²) in [4.78, 5) is 13.3. The first kappa shape index (κ1) is 13.1. The van der Waals surface area contributed by atoms with Crippen molar-refractivity contribution in [1.29, 1.82) is 0 Å². The molecule has 18 heavy (non-hydrogen) atoms. The van der Waals surface area contributed by atoms with Gasteiger partial charge >= 0.3 is 5.97 Å². The van der Waals surface area contributed by atoms with Crippen molar-refractivity contribution in [3.63, 3.8) is 0 Å². The number of benzene rings is 1. The first-order valence-corrected chi connectivity index (χ1v) is 6.31. The summed E-state index contributed by atoms with van der Waals surface area (Å²) in [6.07, 6.45) is 1.15. The largest absolute Gasteiger partial charge is 0.478 e. The van der Waals surface area contributed by atoms with E-state index in [9.17, 15) is 4.79 Å². The van der Waals surface area contributed by atoms with Crippen LogP contribution in [0.25, 0.3) is 0 Å². The number of carbonyl (C=O) groups is 1. The van der Waals surface area contributed by atoms with Crippen molar-refractivity contribution in [2.45, 2.75) is 12.5 Å². The van der Waals surface area contributed by atoms with Gasteiger partial charge in [0, 0.05) is 12.6 Å². The maximum Gasteiger partial charge on any atom is 0.335 e. The zero-order chi connectivity index (χ0) is 13.1. The number of hydrogen-bond donors (Lipinski definition) is 2. The molecule has 1 aliphatic rings. The van der Waals surface area contributed by atoms with E-state index in [1.165, 1.54) is 0 Å². The predicted octanol–water partition coefficient (Wildman–Crippen LogP) is 1.60. The lowest BCUT2D eigenvalue weighted by Crippen LogP contribution is -2.27. The summed E-state index contributed by atoms with van der Waals surface area (Å²) in [7, 11) is 4.07. The zero-order valence-corrected chi connectivity index (χ0v) is 10.9. The fraction of sp³-hybridized carbons (Fsp3) is 0.500. The van der Waals surface area contributed by atoms with Crippen LogP contribution in [0.4, 0.5) is 0 Å². The van der Waals surface area contributed by atoms with Gasteiger partial charge in [-0.1, -0.05) is 12.1 Å². The summed E-state index contributed by atoms with van der Waals surface area (Å²) < 4.78 is 0. The second-order valence-corrected chi connectivity index (χ2v) is 5.01. The smallest absolute Gasteiger partial charge is 0.335 e. The highest BCUT2D eigenvalue weighted by Crippen LogP contribution is 2.29. The van der Waals surface area contributed by atoms with Crippen LogP contribution in [0.1, 0.15) is 28.4 Å². The Hall–Kier alpha value is -1.39. The number of nitrogens with zero attached hydrogens (tertiary/aromatic N) is 1. The standard InChI is InChI=1S/C14H20N2O2/c1-15-13(12-6-7-16(2)9-12)10-4-3-5-11(8-10)14(17)18/h3-5,8,12-13,15H,6-7,9H2,1-2H3,(H,17,18). The van der Waals surface area contributed by atoms with E-state index in [2.05, 4.69) is 17.3 Å². The molecule has 0 amide bonds. The van der Waals surface area contributed by atoms with Crippen LogP contribution in [-0.2, 0) is 0 Å². The highest BCUT2D eigenvalue weighted by molar-refractivity contribution is 5.87. The molecule has 2 atom stereocenters. The van der Waals surface area contributed by atoms with Crippen LogP contribution in [0.15, 0.2) is 24.3 Å². The fourth-order valence-corrected chi connectivity index (χ4v) is 2.78. The Labute approximate surface area is 108 Å². The minimum atomic E-state index is -0.866. The monoisotopic (exact) mass is 248 g/mol. The minimum Gasteiger partial charge on any atom is -0.478 e. The Morgan fingerprint density at radius 3 is 2.89 bits per heavy atom. The summed E-state index contributed by atoms with van der Waals surface area (Å²) >= 11 is 0. The van der Waals surface area contributed by atoms with E-state index in [-0.39, 0.29) is 6.04 Å². The molecule has 1 aliphatic heterocycles. The van der Waals surface area contributed by atoms with Crippen LogP contribution in [0.2, 0.25) is 0 Å². The minimum absolute atomic E-state index is 0.231. The van der Waals surface area contributed by atoms with Crippen LogP contribution in [0.5, 0.6) is 0 Å². The van der Waals surface area contributed by atoms with Gasteiger partial charge in [0.1, 0.15) is 0 Å². The lowest BCUT2D eigenvalue weighted by molar-refractivity contribution is 0.0696. The van der Waals surface area contributed by atoms with Crippen molar-refractivity contribution in [3.8, 4) is 0 Å². The van der Waals surface area contributed by atoms with Gasteiger partial charge in [0.25, 0.3) is 0 Å². The maximum absolute atomic E-state index is 11.0. The van der Waals surface area contributed by atoms with E-state index in [1.54, 1.807) is 12.1 Å². The normalized spacial score (nSPS) is 22.0. The molecule has 2 rings (SSSR count). The summed E-state index contributed by atoms with van der Waals surface area (Å²) in [5, 5.41) is 12.4. The van der Waals surface area contributed by atoms with Gasteiger partial charge in [0.2, 0.25) is 0 Å². The van der Waals surface area contributed by atoms with Gasteiger partial charge in [0.05, 0.1) is 5.56 Å². The van der Waals surface area contributed by atoms with Gasteiger partial charge in [-0.05, 0) is 50.7 Å². The molecular weight excluding hydrogens is 228 g/mol. The lowest BCUT2D eigenvalue weighted by atomic mass is 9.91. The van der Waals surface area contributed by atoms with E-state index >= 15 is 0 Å². The molecule has 0 bridgehead atoms. The van der Waals surface area contributed by atoms with Crippen molar-refractivity contribution in [2.75, 3.05) is 27.2 Å². The highest BCUT2D eigenvalue weighted by Gasteiger charge is 2.28. The van der Waals surface area contributed by atoms with Crippen molar-refractivity contribution < 1.29 is 9.90 Å². The molecule has 4 nitrogen and oxygen atoms in total. The average Bonchev–Trinajstić information content (AvgIpc) is 2.77. The van der Waals surface area contributed by atoms with Crippen LogP contribution < -0.4 is 5.32 Å². The Morgan fingerprint density at radius 1 is 1.56 bits per heavy atom. The quantitative estimate of drug-likeness (QED) is 0.849. The molecule has 98 valence electrons. The maximum atomic E-state index is 11.0. The van der Waals surface area contributed by atoms with Gasteiger partial charge in [0.15, 0.2) is 0 Å². The average molecular weight is 248 g/mol. The Kier molecular flexibility index (Phi) is 3.99. The number of likely N-dealkylation sites (tertiary alicyclic amines) is 1. The topological polar surface area (TPSA) is 52.6 Å². The third-order valence-electron chi connectivity index (χ3n) is 3.70. The van der Waals surface area contributed by atoms with Crippen molar-refractivity contribution in [3.05, 3.63) is 35.4 Å². The van der Waals surface area contributed by atoms with Crippen LogP contribution in [-0.4, -0.2) is 43.2 Å². The molecule has 0 aromatic heterocycles. The van der Waals surface area contributed by atoms with E-state index in [1.807, 2.05) is 19.2 Å². The second kappa shape index (κ2) is 5.50. The number of nitrogens with one attached hydrogen (secondary N) is 1. The number of carboxylic acid groups (broad SMARTS) is 1. The third kappa shape index (κ3) is 2.71. The van der Waals surface area contributed by atoms with E-state index in [4.69, 9.17) is 5.11 Å². The summed E-state index contributed by atoms with van der Waals surface area (Å²) in [6, 6.07) is 7.48. The van der Waals surface area contributed by atoms with Crippen LogP contribution in [0.3, 0.4) is 0 Å². The molecule has 2 unspecified atom stereocenters. The molecule has 2 N–H and O–H groups in total. The van der Waals surface area contributed by atoms with E-state index in [0.717, 1.165) is 25.1 Å². The molecule has 1 saturated heterocycles. The molecule has 0 saturated carbocycles. The summed E-state index contributed by atoms with van der Waals surface area (Å²) in [5.41, 5.74) is 1.43. The SMILES string of the molecule is CNC(c1cccc(C(=O)O)c1)C1CCN(C)C1. The van der Waals surface area contributed by atoms with E-state index < -0.39 is 5.97 Å². The predicted molar refractivity (Wildman–Crippen MR) is 70.8 cm³/mol. The fourth-order valence-electron chi connectivity index (χ4n) is 2.78. The van der Waals surface area contributed by atoms with Crippen LogP contribution >= 0.6 is 0 Å². The summed E-state index contributed by atoms with van der Waals surface area (Å²) in [6.45, 7) is 2.17. The second-order valence-electron chi connectivity index (χ2n) is 5.01. The van der Waals surface area contributed by atoms with Gasteiger partial charge in [-0.25, -0.2) is 4.79 Å². The number of hydrogen-bond acceptors (Lipinski definition) is 3. The molecular formula is C14H20N2O2. The third-order valence-corrected chi connectivity index (χ3v) is 3.70. The van der Waals surface area contributed by atoms with Gasteiger partial charge < -0.3 is 15.3 Å². The highest BCUT2D eigenvalue weighted by atomic mass is 16.4. The zero-order valence-electron chi connectivity index (χ0n) is 10.9. The van der Waals surface area contributed by atoms with E-state index in [0.29, 0.717) is 11.5 Å². The van der Waals surface area contributed by atoms with Crippen molar-refractivity contribution in [1.82, 2.24) is 10.2 Å². The number of rotatable bonds is 4. The summed E-state index contributed by atoms with van der Waals surface area (Å²) in [5.74, 6) is -0.320. The molecule has 4 heteroatoms. The van der Waals surface area contributed by atoms with Crippen LogP contribution in [0, 0.1) is 5.92 Å². The number of carboxylic acids is 1. The van der Waals surface area contributed by atoms with Crippen molar-refractivity contribution >= 4 is 5.97 Å². The molecule has 1 aromatic carbocycles. The molecule has 0 aliphatic carbocycles. The molecule has 0 radical (unpaired) electrons. The molecule has 1 heterocycles. The molecule has 1 aromatic rings. The molecule has 1 fully saturated rings. The Bertz CT molecular complexity index is 434. The van der Waals surface area contributed by atoms with Gasteiger partial charge in [-0.2, -0.15) is 0 Å². The van der Waals surface area contributed by atoms with Crippen molar-refractivity contribution in [2.24, 2.45) is 5.92 Å². The first-order valence-electron chi connectivity index (χ1n) is 6.31. The Morgan fingerprint density at radius 2 is 2.33 bits per heavy atom. The van der Waals surface area contributed by atoms with Gasteiger partial charge in [-0.15, -0.1) is 0 Å². The Balaban J connectivity index is 2.22. The first-order chi connectivity index (χ1) is 8.61.